The Hall–Kier alpha value is -5.20. The Morgan fingerprint density at radius 3 is 1.54 bits per heavy atom. The van der Waals surface area contributed by atoms with Crippen LogP contribution in [0.1, 0.15) is 92.9 Å². The van der Waals surface area contributed by atoms with Gasteiger partial charge in [-0.15, -0.1) is 0 Å². The Labute approximate surface area is 384 Å². The van der Waals surface area contributed by atoms with Crippen molar-refractivity contribution in [1.29, 1.82) is 0 Å². The minimum atomic E-state index is -0.212. The molecule has 5 fully saturated rings. The number of hydrogen-bond acceptors (Lipinski definition) is 6. The van der Waals surface area contributed by atoms with E-state index in [1.807, 2.05) is 58.3 Å². The van der Waals surface area contributed by atoms with Crippen molar-refractivity contribution in [3.05, 3.63) is 131 Å². The van der Waals surface area contributed by atoms with Crippen molar-refractivity contribution in [1.82, 2.24) is 29.8 Å². The number of rotatable bonds is 12. The molecule has 3 aliphatic carbocycles. The van der Waals surface area contributed by atoms with Crippen LogP contribution in [0.5, 0.6) is 11.5 Å². The summed E-state index contributed by atoms with van der Waals surface area (Å²) in [6, 6.07) is 30.1. The summed E-state index contributed by atoms with van der Waals surface area (Å²) in [5.41, 5.74) is 3.49. The van der Waals surface area contributed by atoms with Gasteiger partial charge in [-0.2, -0.15) is 0 Å². The summed E-state index contributed by atoms with van der Waals surface area (Å²) >= 11 is 0. The number of benzene rings is 4. The maximum absolute atomic E-state index is 14.2. The standard InChI is InChI=1S/C29H38FN3O2.C24H30FN3O2/c1-31(2)29(24-8-5-9-25(30)18-24)16-14-28(15-17-29)21-32(19-23-10-12-26(35-3)13-11-23)27(34)33(28)20-22-6-4-7-22;1-27(2)24(19-5-4-6-20(25)15-19)13-11-23(12-14-24)17-28(22(29)26-23)16-18-7-9-21(30-3)10-8-18/h5,8-13,18,22H,4,6-7,14-17,19-21H2,1-3H3;4-10,15H,11-14,16-17H2,1-3H3,(H,26,29). The van der Waals surface area contributed by atoms with Crippen molar-refractivity contribution in [2.24, 2.45) is 5.92 Å². The molecule has 65 heavy (non-hydrogen) atoms. The highest BCUT2D eigenvalue weighted by atomic mass is 19.1. The topological polar surface area (TPSA) is 80.8 Å². The molecule has 2 saturated heterocycles. The van der Waals surface area contributed by atoms with E-state index in [-0.39, 0.29) is 45.9 Å². The van der Waals surface area contributed by atoms with E-state index in [9.17, 15) is 18.4 Å². The number of amides is 4. The van der Waals surface area contributed by atoms with Gasteiger partial charge >= 0.3 is 12.1 Å². The number of methoxy groups -OCH3 is 2. The lowest BCUT2D eigenvalue weighted by Crippen LogP contribution is -2.56. The lowest BCUT2D eigenvalue weighted by molar-refractivity contribution is 0.0157. The molecule has 1 N–H and O–H groups in total. The molecule has 12 heteroatoms. The molecular formula is C53H68F2N6O4. The molecule has 4 aromatic carbocycles. The van der Waals surface area contributed by atoms with Crippen LogP contribution in [-0.4, -0.2) is 110 Å². The number of carbonyl (C=O) groups excluding carboxylic acids is 2. The molecule has 2 aliphatic heterocycles. The van der Waals surface area contributed by atoms with Crippen LogP contribution >= 0.6 is 0 Å². The van der Waals surface area contributed by atoms with Crippen molar-refractivity contribution in [2.45, 2.75) is 106 Å². The van der Waals surface area contributed by atoms with Gasteiger partial charge in [-0.3, -0.25) is 9.80 Å². The first kappa shape index (κ1) is 46.3. The Morgan fingerprint density at radius 2 is 1.11 bits per heavy atom. The molecule has 3 saturated carbocycles. The van der Waals surface area contributed by atoms with Gasteiger partial charge in [-0.1, -0.05) is 55.0 Å². The zero-order chi connectivity index (χ0) is 46.0. The van der Waals surface area contributed by atoms with E-state index < -0.39 is 0 Å². The van der Waals surface area contributed by atoms with E-state index in [1.54, 1.807) is 32.4 Å². The lowest BCUT2D eigenvalue weighted by atomic mass is 9.68. The number of hydrogen-bond donors (Lipinski definition) is 1. The number of urea groups is 2. The van der Waals surface area contributed by atoms with Crippen LogP contribution in [0.4, 0.5) is 18.4 Å². The molecule has 348 valence electrons. The number of carbonyl (C=O) groups is 2. The Bertz CT molecular complexity index is 2270. The molecule has 0 atom stereocenters. The van der Waals surface area contributed by atoms with Crippen LogP contribution in [-0.2, 0) is 24.2 Å². The summed E-state index contributed by atoms with van der Waals surface area (Å²) < 4.78 is 38.6. The van der Waals surface area contributed by atoms with Gasteiger partial charge in [-0.05, 0) is 169 Å². The third-order valence-electron chi connectivity index (χ3n) is 15.9. The number of halogens is 2. The second kappa shape index (κ2) is 19.0. The molecular weight excluding hydrogens is 823 g/mol. The van der Waals surface area contributed by atoms with Gasteiger partial charge in [-0.25, -0.2) is 18.4 Å². The Kier molecular flexibility index (Phi) is 13.5. The van der Waals surface area contributed by atoms with E-state index in [4.69, 9.17) is 9.47 Å². The third-order valence-corrected chi connectivity index (χ3v) is 15.9. The largest absolute Gasteiger partial charge is 0.497 e. The van der Waals surface area contributed by atoms with Crippen molar-refractivity contribution in [3.8, 4) is 11.5 Å². The second-order valence-electron chi connectivity index (χ2n) is 19.9. The first-order chi connectivity index (χ1) is 31.2. The molecule has 0 unspecified atom stereocenters. The average Bonchev–Trinajstić information content (AvgIpc) is 3.72. The lowest BCUT2D eigenvalue weighted by Gasteiger charge is -2.51. The van der Waals surface area contributed by atoms with E-state index in [2.05, 4.69) is 66.4 Å². The van der Waals surface area contributed by atoms with Gasteiger partial charge in [0.25, 0.3) is 0 Å². The van der Waals surface area contributed by atoms with Gasteiger partial charge in [0.15, 0.2) is 0 Å². The quantitative estimate of drug-likeness (QED) is 0.153. The summed E-state index contributed by atoms with van der Waals surface area (Å²) in [6.07, 6.45) is 10.9. The summed E-state index contributed by atoms with van der Waals surface area (Å²) in [5, 5.41) is 3.27. The summed E-state index contributed by atoms with van der Waals surface area (Å²) in [7, 11) is 11.6. The van der Waals surface area contributed by atoms with E-state index in [1.165, 1.54) is 31.4 Å². The molecule has 5 aliphatic rings. The van der Waals surface area contributed by atoms with Crippen LogP contribution in [0.25, 0.3) is 0 Å². The predicted octanol–water partition coefficient (Wildman–Crippen LogP) is 9.77. The highest BCUT2D eigenvalue weighted by molar-refractivity contribution is 5.79. The van der Waals surface area contributed by atoms with Crippen molar-refractivity contribution >= 4 is 12.1 Å². The fraction of sp³-hybridized carbons (Fsp3) is 0.509. The molecule has 2 spiro atoms. The van der Waals surface area contributed by atoms with Gasteiger partial charge in [0.1, 0.15) is 23.1 Å². The minimum absolute atomic E-state index is 0.00562. The zero-order valence-electron chi connectivity index (χ0n) is 39.3. The summed E-state index contributed by atoms with van der Waals surface area (Å²) in [4.78, 5) is 37.1. The zero-order valence-corrected chi connectivity index (χ0v) is 39.3. The first-order valence-corrected chi connectivity index (χ1v) is 23.5. The van der Waals surface area contributed by atoms with Crippen LogP contribution in [0.15, 0.2) is 97.1 Å². The molecule has 4 aromatic rings. The van der Waals surface area contributed by atoms with Gasteiger partial charge in [0, 0.05) is 43.8 Å². The van der Waals surface area contributed by atoms with Gasteiger partial charge < -0.3 is 29.5 Å². The van der Waals surface area contributed by atoms with Gasteiger partial charge in [0.05, 0.1) is 25.3 Å². The van der Waals surface area contributed by atoms with Crippen molar-refractivity contribution < 1.29 is 27.8 Å². The maximum Gasteiger partial charge on any atom is 0.320 e. The number of nitrogens with one attached hydrogen (secondary N) is 1. The Morgan fingerprint density at radius 1 is 0.631 bits per heavy atom. The molecule has 10 nitrogen and oxygen atoms in total. The third kappa shape index (κ3) is 9.43. The highest BCUT2D eigenvalue weighted by Crippen LogP contribution is 2.50. The normalized spacial score (nSPS) is 26.7. The van der Waals surface area contributed by atoms with Crippen LogP contribution in [0, 0.1) is 17.6 Å². The fourth-order valence-corrected chi connectivity index (χ4v) is 11.5. The molecule has 4 amide bonds. The van der Waals surface area contributed by atoms with Gasteiger partial charge in [0.2, 0.25) is 0 Å². The van der Waals surface area contributed by atoms with Crippen molar-refractivity contribution in [3.63, 3.8) is 0 Å². The molecule has 2 heterocycles. The number of ether oxygens (including phenoxy) is 2. The maximum atomic E-state index is 14.2. The molecule has 0 bridgehead atoms. The second-order valence-corrected chi connectivity index (χ2v) is 19.9. The van der Waals surface area contributed by atoms with E-state index >= 15 is 0 Å². The first-order valence-electron chi connectivity index (χ1n) is 23.5. The summed E-state index contributed by atoms with van der Waals surface area (Å²) in [6.45, 7) is 3.53. The molecule has 9 rings (SSSR count). The smallest absolute Gasteiger partial charge is 0.320 e. The molecule has 0 aromatic heterocycles. The summed E-state index contributed by atoms with van der Waals surface area (Å²) in [5.74, 6) is 1.88. The average molecular weight is 891 g/mol. The SMILES string of the molecule is COc1ccc(CN2CC3(CCC(c4cccc(F)c4)(N(C)C)CC3)N(CC3CCC3)C2=O)cc1.COc1ccc(CN2CC3(CCC(c4cccc(F)c4)(N(C)C)CC3)NC2=O)cc1. The van der Waals surface area contributed by atoms with Crippen LogP contribution < -0.4 is 14.8 Å². The minimum Gasteiger partial charge on any atom is -0.497 e. The fourth-order valence-electron chi connectivity index (χ4n) is 11.5. The Balaban J connectivity index is 0.000000179. The van der Waals surface area contributed by atoms with Crippen molar-refractivity contribution in [2.75, 3.05) is 62.0 Å². The van der Waals surface area contributed by atoms with E-state index in [0.717, 1.165) is 98.2 Å². The monoisotopic (exact) mass is 891 g/mol. The van der Waals surface area contributed by atoms with E-state index in [0.29, 0.717) is 25.6 Å². The van der Waals surface area contributed by atoms with Crippen LogP contribution in [0.3, 0.4) is 0 Å². The van der Waals surface area contributed by atoms with Crippen LogP contribution in [0.2, 0.25) is 0 Å². The molecule has 0 radical (unpaired) electrons. The number of nitrogens with zero attached hydrogens (tertiary/aromatic N) is 5. The highest BCUT2D eigenvalue weighted by Gasteiger charge is 2.55. The predicted molar refractivity (Wildman–Crippen MR) is 251 cm³/mol.